The van der Waals surface area contributed by atoms with E-state index in [4.69, 9.17) is 0 Å². The molecule has 0 N–H and O–H groups in total. The molecule has 0 aliphatic heterocycles. The lowest BCUT2D eigenvalue weighted by atomic mass is 9.91. The van der Waals surface area contributed by atoms with Crippen LogP contribution in [0, 0.1) is 83.1 Å². The summed E-state index contributed by atoms with van der Waals surface area (Å²) >= 11 is 0. The average Bonchev–Trinajstić information content (AvgIpc) is 1.79. The van der Waals surface area contributed by atoms with Crippen molar-refractivity contribution in [3.05, 3.63) is 315 Å². The Morgan fingerprint density at radius 3 is 0.954 bits per heavy atom. The van der Waals surface area contributed by atoms with Gasteiger partial charge in [-0.2, -0.15) is 0 Å². The van der Waals surface area contributed by atoms with Gasteiger partial charge in [-0.05, 0) is 258 Å². The highest BCUT2D eigenvalue weighted by molar-refractivity contribution is 6.11. The molecule has 0 saturated heterocycles. The summed E-state index contributed by atoms with van der Waals surface area (Å²) in [4.78, 5) is 4.08. The van der Waals surface area contributed by atoms with Gasteiger partial charge in [-0.3, -0.25) is 4.98 Å². The van der Waals surface area contributed by atoms with Crippen molar-refractivity contribution in [1.29, 1.82) is 0 Å². The van der Waals surface area contributed by atoms with Crippen LogP contribution in [-0.4, -0.2) is 9.55 Å². The SMILES string of the molecule is Cc1c2ccccc2c(C)c2cc3ccccc3cc12.Cc1c2ccccc2c(C)c2ccccc12.Cc1ccc(C)c2ccccc12.Cc1ccc(C)nc1.Cc1ccc2c(c1)Cc1cc(C)ccc1-2.Cc1ccc2c(c1)c1cc(C)ccc1n2C. The summed E-state index contributed by atoms with van der Waals surface area (Å²) < 4.78 is 2.27. The quantitative estimate of drug-likeness (QED) is 0.138. The number of pyridine rings is 1. The second-order valence-corrected chi connectivity index (χ2v) is 24.2. The zero-order valence-corrected chi connectivity index (χ0v) is 53.1. The van der Waals surface area contributed by atoms with Crippen molar-refractivity contribution in [3.8, 4) is 11.1 Å². The number of hydrogen-bond donors (Lipinski definition) is 0. The van der Waals surface area contributed by atoms with Gasteiger partial charge < -0.3 is 4.57 Å². The summed E-state index contributed by atoms with van der Waals surface area (Å²) in [6.07, 6.45) is 2.98. The van der Waals surface area contributed by atoms with Crippen LogP contribution < -0.4 is 0 Å². The maximum atomic E-state index is 4.08. The van der Waals surface area contributed by atoms with Gasteiger partial charge in [0.05, 0.1) is 0 Å². The minimum absolute atomic E-state index is 1.08. The van der Waals surface area contributed by atoms with Gasteiger partial charge in [0.25, 0.3) is 0 Å². The zero-order chi connectivity index (χ0) is 61.0. The van der Waals surface area contributed by atoms with Crippen LogP contribution >= 0.6 is 0 Å². The van der Waals surface area contributed by atoms with E-state index in [-0.39, 0.29) is 0 Å². The molecule has 2 heterocycles. The monoisotopic (exact) mass is 1130 g/mol. The van der Waals surface area contributed by atoms with E-state index in [0.29, 0.717) is 0 Å². The Bertz CT molecular complexity index is 4670. The van der Waals surface area contributed by atoms with E-state index in [1.54, 1.807) is 0 Å². The first-order valence-electron chi connectivity index (χ1n) is 30.7. The number of benzene rings is 13. The molecule has 87 heavy (non-hydrogen) atoms. The van der Waals surface area contributed by atoms with E-state index in [9.17, 15) is 0 Å². The first-order valence-corrected chi connectivity index (χ1v) is 30.7. The Kier molecular flexibility index (Phi) is 17.3. The predicted octanol–water partition coefficient (Wildman–Crippen LogP) is 23.4. The van der Waals surface area contributed by atoms with Gasteiger partial charge in [0.2, 0.25) is 0 Å². The molecule has 0 saturated carbocycles. The first-order chi connectivity index (χ1) is 42.0. The molecule has 0 bridgehead atoms. The van der Waals surface area contributed by atoms with E-state index in [2.05, 4.69) is 310 Å². The molecular weight excluding hydrogens is 1050 g/mol. The van der Waals surface area contributed by atoms with E-state index in [1.807, 2.05) is 26.1 Å². The second-order valence-electron chi connectivity index (χ2n) is 24.2. The van der Waals surface area contributed by atoms with Crippen LogP contribution in [0.15, 0.2) is 237 Å². The Labute approximate surface area is 515 Å². The van der Waals surface area contributed by atoms with Gasteiger partial charge in [0, 0.05) is 40.7 Å². The third-order valence-electron chi connectivity index (χ3n) is 17.8. The van der Waals surface area contributed by atoms with Crippen LogP contribution in [-0.2, 0) is 13.5 Å². The molecule has 0 spiro atoms. The molecule has 13 aromatic carbocycles. The molecular formula is C85H80N2. The van der Waals surface area contributed by atoms with Crippen LogP contribution in [0.25, 0.3) is 97.6 Å². The molecule has 0 radical (unpaired) electrons. The van der Waals surface area contributed by atoms with Crippen LogP contribution in [0.2, 0.25) is 0 Å². The lowest BCUT2D eigenvalue weighted by Crippen LogP contribution is -1.88. The molecule has 2 aromatic heterocycles. The Morgan fingerprint density at radius 1 is 0.276 bits per heavy atom. The molecule has 2 nitrogen and oxygen atoms in total. The Morgan fingerprint density at radius 2 is 0.598 bits per heavy atom. The third-order valence-corrected chi connectivity index (χ3v) is 17.8. The van der Waals surface area contributed by atoms with Gasteiger partial charge in [-0.25, -0.2) is 0 Å². The number of aromatic nitrogens is 2. The molecule has 0 atom stereocenters. The number of rotatable bonds is 0. The molecule has 1 aliphatic rings. The van der Waals surface area contributed by atoms with Crippen molar-refractivity contribution >= 4 is 86.4 Å². The molecule has 430 valence electrons. The smallest absolute Gasteiger partial charge is 0.0488 e. The highest BCUT2D eigenvalue weighted by Crippen LogP contribution is 2.38. The van der Waals surface area contributed by atoms with Crippen LogP contribution in [0.5, 0.6) is 0 Å². The van der Waals surface area contributed by atoms with Crippen molar-refractivity contribution in [2.24, 2.45) is 7.05 Å². The van der Waals surface area contributed by atoms with E-state index >= 15 is 0 Å². The standard InChI is InChI=1S/C20H16.C16H14.C15H15N.C15H14.C12H12.C7H9N/c1-13-17-9-5-6-10-18(17)14(2)20-12-16-8-4-3-7-15(16)11-19(13)20;1-11-13-7-3-5-9-15(13)12(2)16-10-6-4-8-14(11)16;1-10-4-6-14-12(8-10)13-9-11(2)5-7-15(13)16(14)3;1-10-3-5-14-12(7-10)9-13-8-11(2)4-6-15(13)14;1-9-7-8-10(2)12-6-4-3-5-11(9)12;1-6-3-4-7(2)8-5-6/h3-12H,1-2H3;3-10H,1-2H3;4-9H,1-3H3;3-8H,9H2,1-2H3;3-8H,1-2H3;3-5H,1-2H3. The van der Waals surface area contributed by atoms with Gasteiger partial charge in [0.15, 0.2) is 0 Å². The first kappa shape index (κ1) is 59.1. The van der Waals surface area contributed by atoms with Gasteiger partial charge in [0.1, 0.15) is 0 Å². The van der Waals surface area contributed by atoms with Crippen LogP contribution in [0.1, 0.15) is 78.0 Å². The molecule has 0 fully saturated rings. The summed E-state index contributed by atoms with van der Waals surface area (Å²) in [7, 11) is 2.13. The fraction of sp³-hybridized carbons (Fsp3) is 0.165. The summed E-state index contributed by atoms with van der Waals surface area (Å²) in [6, 6.07) is 83.1. The van der Waals surface area contributed by atoms with Crippen molar-refractivity contribution in [2.75, 3.05) is 0 Å². The van der Waals surface area contributed by atoms with Crippen molar-refractivity contribution < 1.29 is 0 Å². The highest BCUT2D eigenvalue weighted by atomic mass is 14.9. The molecule has 15 aromatic rings. The van der Waals surface area contributed by atoms with Crippen molar-refractivity contribution in [1.82, 2.24) is 9.55 Å². The van der Waals surface area contributed by atoms with Crippen LogP contribution in [0.3, 0.4) is 0 Å². The van der Waals surface area contributed by atoms with Gasteiger partial charge in [-0.1, -0.05) is 210 Å². The third kappa shape index (κ3) is 12.4. The highest BCUT2D eigenvalue weighted by Gasteiger charge is 2.18. The number of nitrogens with zero attached hydrogens (tertiary/aromatic N) is 2. The van der Waals surface area contributed by atoms with Gasteiger partial charge in [-0.15, -0.1) is 0 Å². The molecule has 0 unspecified atom stereocenters. The van der Waals surface area contributed by atoms with Crippen LogP contribution in [0.4, 0.5) is 0 Å². The van der Waals surface area contributed by atoms with Gasteiger partial charge >= 0.3 is 0 Å². The molecule has 2 heteroatoms. The Balaban J connectivity index is 0.000000110. The van der Waals surface area contributed by atoms with Crippen molar-refractivity contribution in [3.63, 3.8) is 0 Å². The minimum atomic E-state index is 1.08. The number of hydrogen-bond acceptors (Lipinski definition) is 1. The zero-order valence-electron chi connectivity index (χ0n) is 53.1. The average molecular weight is 1130 g/mol. The Hall–Kier alpha value is -9.63. The maximum absolute atomic E-state index is 4.08. The minimum Gasteiger partial charge on any atom is -0.344 e. The molecule has 16 rings (SSSR count). The summed E-state index contributed by atoms with van der Waals surface area (Å²) in [5, 5.41) is 19.1. The molecule has 1 aliphatic carbocycles. The summed E-state index contributed by atoms with van der Waals surface area (Å²) in [5.41, 5.74) is 24.3. The predicted molar refractivity (Wildman–Crippen MR) is 381 cm³/mol. The summed E-state index contributed by atoms with van der Waals surface area (Å²) in [5.74, 6) is 0. The molecule has 0 amide bonds. The maximum Gasteiger partial charge on any atom is 0.0488 e. The largest absolute Gasteiger partial charge is 0.344 e. The van der Waals surface area contributed by atoms with E-state index < -0.39 is 0 Å². The topological polar surface area (TPSA) is 17.8 Å². The van der Waals surface area contributed by atoms with E-state index in [0.717, 1.165) is 12.1 Å². The number of aryl methyl sites for hydroxylation is 13. The normalized spacial score (nSPS) is 11.2. The lowest BCUT2D eigenvalue weighted by Gasteiger charge is -2.13. The fourth-order valence-corrected chi connectivity index (χ4v) is 12.9. The lowest BCUT2D eigenvalue weighted by molar-refractivity contribution is 1.01. The summed E-state index contributed by atoms with van der Waals surface area (Å²) in [6.45, 7) is 25.8. The van der Waals surface area contributed by atoms with E-state index in [1.165, 1.54) is 170 Å². The van der Waals surface area contributed by atoms with Crippen molar-refractivity contribution in [2.45, 2.75) is 89.5 Å². The number of fused-ring (bicyclic) bond motifs is 12. The fourth-order valence-electron chi connectivity index (χ4n) is 12.9. The second kappa shape index (κ2) is 25.5.